The summed E-state index contributed by atoms with van der Waals surface area (Å²) in [6.07, 6.45) is 1.60. The van der Waals surface area contributed by atoms with Gasteiger partial charge in [0.25, 0.3) is 5.91 Å². The van der Waals surface area contributed by atoms with Crippen molar-refractivity contribution in [2.75, 3.05) is 31.1 Å². The number of carbonyl (C=O) groups excluding carboxylic acids is 1. The Bertz CT molecular complexity index is 1030. The molecule has 160 valence electrons. The third-order valence-electron chi connectivity index (χ3n) is 5.31. The Labute approximate surface area is 187 Å². The van der Waals surface area contributed by atoms with E-state index in [-0.39, 0.29) is 5.91 Å². The van der Waals surface area contributed by atoms with Gasteiger partial charge in [-0.15, -0.1) is 0 Å². The molecule has 1 aromatic heterocycles. The molecule has 31 heavy (non-hydrogen) atoms. The van der Waals surface area contributed by atoms with E-state index in [1.54, 1.807) is 44.4 Å². The van der Waals surface area contributed by atoms with Crippen molar-refractivity contribution in [1.29, 1.82) is 0 Å². The number of benzene rings is 2. The van der Waals surface area contributed by atoms with Crippen molar-refractivity contribution in [3.63, 3.8) is 0 Å². The normalized spacial score (nSPS) is 14.4. The summed E-state index contributed by atoms with van der Waals surface area (Å²) >= 11 is 5.93. The van der Waals surface area contributed by atoms with Crippen molar-refractivity contribution < 1.29 is 9.53 Å². The zero-order valence-electron chi connectivity index (χ0n) is 17.7. The van der Waals surface area contributed by atoms with Crippen molar-refractivity contribution in [1.82, 2.24) is 14.9 Å². The van der Waals surface area contributed by atoms with Crippen molar-refractivity contribution >= 4 is 23.3 Å². The number of anilines is 1. The number of amides is 1. The first-order valence-electron chi connectivity index (χ1n) is 10.3. The molecule has 2 heterocycles. The third-order valence-corrected chi connectivity index (χ3v) is 5.57. The second kappa shape index (κ2) is 8.94. The van der Waals surface area contributed by atoms with E-state index in [4.69, 9.17) is 16.3 Å². The Morgan fingerprint density at radius 3 is 2.32 bits per heavy atom. The smallest absolute Gasteiger partial charge is 0.266 e. The van der Waals surface area contributed by atoms with Crippen LogP contribution in [0, 0.1) is 0 Å². The number of hydrogen-bond donors (Lipinski definition) is 0. The van der Waals surface area contributed by atoms with Gasteiger partial charge in [-0.2, -0.15) is 0 Å². The summed E-state index contributed by atoms with van der Waals surface area (Å²) in [5.41, 5.74) is 0.980. The van der Waals surface area contributed by atoms with Crippen molar-refractivity contribution in [3.8, 4) is 17.0 Å². The fourth-order valence-electron chi connectivity index (χ4n) is 3.65. The van der Waals surface area contributed by atoms with Gasteiger partial charge in [0, 0.05) is 42.8 Å². The van der Waals surface area contributed by atoms with Crippen LogP contribution in [0.2, 0.25) is 5.02 Å². The average molecular weight is 437 g/mol. The standard InChI is InChI=1S/C24H25ClN4O2/c1-24(2,31-20-10-8-19(25)9-11-20)23(30)29-14-12-28(13-15-29)22-16-21(26-17-27-22)18-6-4-3-5-7-18/h3-11,16-17H,12-15H2,1-2H3. The topological polar surface area (TPSA) is 58.6 Å². The number of ether oxygens (including phenoxy) is 1. The van der Waals surface area contributed by atoms with Crippen molar-refractivity contribution in [2.45, 2.75) is 19.4 Å². The van der Waals surface area contributed by atoms with Crippen LogP contribution < -0.4 is 9.64 Å². The molecule has 1 aliphatic heterocycles. The van der Waals surface area contributed by atoms with E-state index in [9.17, 15) is 4.79 Å². The molecule has 0 bridgehead atoms. The van der Waals surface area contributed by atoms with Gasteiger partial charge >= 0.3 is 0 Å². The summed E-state index contributed by atoms with van der Waals surface area (Å²) < 4.78 is 5.96. The first kappa shape index (κ1) is 21.1. The highest BCUT2D eigenvalue weighted by molar-refractivity contribution is 6.30. The molecule has 7 heteroatoms. The van der Waals surface area contributed by atoms with Gasteiger partial charge in [0.15, 0.2) is 5.60 Å². The number of rotatable bonds is 5. The summed E-state index contributed by atoms with van der Waals surface area (Å²) in [6.45, 7) is 6.22. The molecule has 4 rings (SSSR count). The Morgan fingerprint density at radius 2 is 1.65 bits per heavy atom. The largest absolute Gasteiger partial charge is 0.478 e. The van der Waals surface area contributed by atoms with Crippen LogP contribution in [0.15, 0.2) is 67.0 Å². The lowest BCUT2D eigenvalue weighted by molar-refractivity contribution is -0.145. The van der Waals surface area contributed by atoms with Gasteiger partial charge in [0.1, 0.15) is 17.9 Å². The van der Waals surface area contributed by atoms with Crippen LogP contribution in [0.4, 0.5) is 5.82 Å². The minimum Gasteiger partial charge on any atom is -0.478 e. The van der Waals surface area contributed by atoms with Crippen LogP contribution in [0.3, 0.4) is 0 Å². The Balaban J connectivity index is 1.39. The third kappa shape index (κ3) is 4.97. The Hall–Kier alpha value is -3.12. The van der Waals surface area contributed by atoms with E-state index in [0.29, 0.717) is 37.0 Å². The minimum absolute atomic E-state index is 0.0326. The number of aromatic nitrogens is 2. The molecule has 1 aliphatic rings. The lowest BCUT2D eigenvalue weighted by atomic mass is 10.1. The molecule has 0 N–H and O–H groups in total. The van der Waals surface area contributed by atoms with Gasteiger partial charge in [-0.25, -0.2) is 9.97 Å². The quantitative estimate of drug-likeness (QED) is 0.596. The molecule has 6 nitrogen and oxygen atoms in total. The summed E-state index contributed by atoms with van der Waals surface area (Å²) in [6, 6.07) is 19.1. The number of nitrogens with zero attached hydrogens (tertiary/aromatic N) is 4. The summed E-state index contributed by atoms with van der Waals surface area (Å²) in [5, 5.41) is 0.632. The number of halogens is 1. The summed E-state index contributed by atoms with van der Waals surface area (Å²) in [7, 11) is 0. The molecule has 1 fully saturated rings. The van der Waals surface area contributed by atoms with Crippen LogP contribution in [0.25, 0.3) is 11.3 Å². The van der Waals surface area contributed by atoms with E-state index in [1.807, 2.05) is 41.3 Å². The molecule has 0 spiro atoms. The van der Waals surface area contributed by atoms with Gasteiger partial charge in [0.05, 0.1) is 5.69 Å². The van der Waals surface area contributed by atoms with Crippen LogP contribution in [-0.2, 0) is 4.79 Å². The van der Waals surface area contributed by atoms with Crippen molar-refractivity contribution in [3.05, 3.63) is 72.0 Å². The van der Waals surface area contributed by atoms with E-state index in [2.05, 4.69) is 14.9 Å². The van der Waals surface area contributed by atoms with Gasteiger partial charge in [0.2, 0.25) is 0 Å². The SMILES string of the molecule is CC(C)(Oc1ccc(Cl)cc1)C(=O)N1CCN(c2cc(-c3ccccc3)ncn2)CC1. The zero-order valence-corrected chi connectivity index (χ0v) is 18.4. The van der Waals surface area contributed by atoms with E-state index in [1.165, 1.54) is 0 Å². The van der Waals surface area contributed by atoms with Crippen molar-refractivity contribution in [2.24, 2.45) is 0 Å². The molecule has 0 aliphatic carbocycles. The van der Waals surface area contributed by atoms with Crippen LogP contribution in [-0.4, -0.2) is 52.6 Å². The van der Waals surface area contributed by atoms with Gasteiger partial charge < -0.3 is 14.5 Å². The van der Waals surface area contributed by atoms with Crippen LogP contribution in [0.5, 0.6) is 5.75 Å². The maximum Gasteiger partial charge on any atom is 0.266 e. The molecule has 0 saturated carbocycles. The molecule has 3 aromatic rings. The predicted octanol–water partition coefficient (Wildman–Crippen LogP) is 4.30. The second-order valence-electron chi connectivity index (χ2n) is 7.97. The maximum atomic E-state index is 13.1. The molecular weight excluding hydrogens is 412 g/mol. The van der Waals surface area contributed by atoms with Crippen LogP contribution in [0.1, 0.15) is 13.8 Å². The average Bonchev–Trinajstić information content (AvgIpc) is 2.81. The lowest BCUT2D eigenvalue weighted by Gasteiger charge is -2.39. The Kier molecular flexibility index (Phi) is 6.09. The molecule has 0 unspecified atom stereocenters. The molecule has 2 aromatic carbocycles. The first-order valence-corrected chi connectivity index (χ1v) is 10.7. The fourth-order valence-corrected chi connectivity index (χ4v) is 3.77. The highest BCUT2D eigenvalue weighted by atomic mass is 35.5. The van der Waals surface area contributed by atoms with E-state index < -0.39 is 5.60 Å². The number of piperazine rings is 1. The van der Waals surface area contributed by atoms with Gasteiger partial charge in [-0.3, -0.25) is 4.79 Å². The first-order chi connectivity index (χ1) is 14.9. The highest BCUT2D eigenvalue weighted by Crippen LogP contribution is 2.24. The van der Waals surface area contributed by atoms with Gasteiger partial charge in [-0.05, 0) is 38.1 Å². The molecule has 1 saturated heterocycles. The maximum absolute atomic E-state index is 13.1. The predicted molar refractivity (Wildman–Crippen MR) is 122 cm³/mol. The zero-order chi connectivity index (χ0) is 21.8. The minimum atomic E-state index is -0.967. The fraction of sp³-hybridized carbons (Fsp3) is 0.292. The second-order valence-corrected chi connectivity index (χ2v) is 8.41. The molecular formula is C24H25ClN4O2. The summed E-state index contributed by atoms with van der Waals surface area (Å²) in [5.74, 6) is 1.46. The summed E-state index contributed by atoms with van der Waals surface area (Å²) in [4.78, 5) is 26.0. The molecule has 0 radical (unpaired) electrons. The van der Waals surface area contributed by atoms with Gasteiger partial charge in [-0.1, -0.05) is 41.9 Å². The Morgan fingerprint density at radius 1 is 0.968 bits per heavy atom. The van der Waals surface area contributed by atoms with E-state index >= 15 is 0 Å². The number of hydrogen-bond acceptors (Lipinski definition) is 5. The highest BCUT2D eigenvalue weighted by Gasteiger charge is 2.36. The lowest BCUT2D eigenvalue weighted by Crippen LogP contribution is -2.56. The van der Waals surface area contributed by atoms with E-state index in [0.717, 1.165) is 17.1 Å². The molecule has 1 amide bonds. The number of carbonyl (C=O) groups is 1. The monoisotopic (exact) mass is 436 g/mol. The molecule has 0 atom stereocenters. The van der Waals surface area contributed by atoms with Crippen LogP contribution >= 0.6 is 11.6 Å².